The molecule has 1 N–H and O–H groups in total. The number of pyridine rings is 1. The third-order valence-electron chi connectivity index (χ3n) is 3.01. The van der Waals surface area contributed by atoms with Crippen LogP contribution in [0.5, 0.6) is 11.5 Å². The van der Waals surface area contributed by atoms with Crippen LogP contribution in [0.3, 0.4) is 0 Å². The number of nitrogens with one attached hydrogen (secondary N) is 1. The van der Waals surface area contributed by atoms with Crippen molar-refractivity contribution >= 4 is 27.3 Å². The van der Waals surface area contributed by atoms with Crippen molar-refractivity contribution in [1.29, 1.82) is 0 Å². The maximum Gasteiger partial charge on any atom is 0.263 e. The van der Waals surface area contributed by atoms with E-state index in [0.29, 0.717) is 30.4 Å². The van der Waals surface area contributed by atoms with E-state index in [0.717, 1.165) is 6.42 Å². The average molecular weight is 341 g/mol. The van der Waals surface area contributed by atoms with Gasteiger partial charge in [-0.15, -0.1) is 0 Å². The predicted molar refractivity (Wildman–Crippen MR) is 82.1 cm³/mol. The molecule has 0 spiro atoms. The van der Waals surface area contributed by atoms with Crippen LogP contribution < -0.4 is 14.2 Å². The van der Waals surface area contributed by atoms with Crippen molar-refractivity contribution < 1.29 is 17.9 Å². The summed E-state index contributed by atoms with van der Waals surface area (Å²) in [6.07, 6.45) is 1.99. The third kappa shape index (κ3) is 3.26. The summed E-state index contributed by atoms with van der Waals surface area (Å²) in [6, 6.07) is 7.71. The van der Waals surface area contributed by atoms with Gasteiger partial charge in [-0.2, -0.15) is 0 Å². The molecule has 3 rings (SSSR count). The van der Waals surface area contributed by atoms with Gasteiger partial charge in [0, 0.05) is 18.7 Å². The molecule has 6 nitrogen and oxygen atoms in total. The maximum atomic E-state index is 12.3. The minimum Gasteiger partial charge on any atom is -0.490 e. The lowest BCUT2D eigenvalue weighted by molar-refractivity contribution is 0.297. The Kier molecular flexibility index (Phi) is 4.08. The van der Waals surface area contributed by atoms with Crippen LogP contribution in [0.25, 0.3) is 0 Å². The molecule has 0 fully saturated rings. The highest BCUT2D eigenvalue weighted by Crippen LogP contribution is 2.33. The van der Waals surface area contributed by atoms with Gasteiger partial charge in [-0.1, -0.05) is 11.6 Å². The highest BCUT2D eigenvalue weighted by atomic mass is 35.5. The normalized spacial score (nSPS) is 14.2. The maximum absolute atomic E-state index is 12.3. The Morgan fingerprint density at radius 1 is 1.09 bits per heavy atom. The van der Waals surface area contributed by atoms with Crippen molar-refractivity contribution in [2.75, 3.05) is 17.9 Å². The molecule has 0 aliphatic carbocycles. The van der Waals surface area contributed by atoms with Gasteiger partial charge in [0.1, 0.15) is 10.0 Å². The van der Waals surface area contributed by atoms with Crippen molar-refractivity contribution in [3.05, 3.63) is 41.7 Å². The summed E-state index contributed by atoms with van der Waals surface area (Å²) in [4.78, 5) is 3.80. The van der Waals surface area contributed by atoms with E-state index < -0.39 is 10.0 Å². The van der Waals surface area contributed by atoms with Crippen LogP contribution >= 0.6 is 11.6 Å². The smallest absolute Gasteiger partial charge is 0.263 e. The molecule has 0 amide bonds. The number of sulfonamides is 1. The molecule has 0 radical (unpaired) electrons. The lowest BCUT2D eigenvalue weighted by Gasteiger charge is -2.11. The quantitative estimate of drug-likeness (QED) is 0.869. The minimum absolute atomic E-state index is 0.0315. The summed E-state index contributed by atoms with van der Waals surface area (Å²) in [6.45, 7) is 1.11. The first kappa shape index (κ1) is 14.9. The standard InChI is InChI=1S/C14H13ClN2O4S/c15-14-5-3-11(9-16-14)22(18,19)17-10-2-4-12-13(8-10)21-7-1-6-20-12/h2-5,8-9,17H,1,6-7H2. The van der Waals surface area contributed by atoms with Crippen LogP contribution in [0, 0.1) is 0 Å². The third-order valence-corrected chi connectivity index (χ3v) is 4.60. The van der Waals surface area contributed by atoms with Crippen LogP contribution in [0.4, 0.5) is 5.69 Å². The molecule has 0 unspecified atom stereocenters. The van der Waals surface area contributed by atoms with E-state index in [1.807, 2.05) is 0 Å². The first-order chi connectivity index (χ1) is 10.5. The van der Waals surface area contributed by atoms with E-state index in [-0.39, 0.29) is 10.0 Å². The minimum atomic E-state index is -3.73. The van der Waals surface area contributed by atoms with Crippen LogP contribution in [0.1, 0.15) is 6.42 Å². The number of rotatable bonds is 3. The van der Waals surface area contributed by atoms with Crippen molar-refractivity contribution in [3.8, 4) is 11.5 Å². The summed E-state index contributed by atoms with van der Waals surface area (Å²) < 4.78 is 38.1. The zero-order valence-corrected chi connectivity index (χ0v) is 13.0. The number of hydrogen-bond donors (Lipinski definition) is 1. The molecule has 0 saturated heterocycles. The van der Waals surface area contributed by atoms with E-state index in [1.54, 1.807) is 18.2 Å². The molecular formula is C14H13ClN2O4S. The molecule has 0 saturated carbocycles. The monoisotopic (exact) mass is 340 g/mol. The van der Waals surface area contributed by atoms with Gasteiger partial charge in [-0.25, -0.2) is 13.4 Å². The molecular weight excluding hydrogens is 328 g/mol. The van der Waals surface area contributed by atoms with E-state index in [9.17, 15) is 8.42 Å². The SMILES string of the molecule is O=S(=O)(Nc1ccc2c(c1)OCCCO2)c1ccc(Cl)nc1. The molecule has 116 valence electrons. The van der Waals surface area contributed by atoms with E-state index >= 15 is 0 Å². The van der Waals surface area contributed by atoms with Crippen molar-refractivity contribution in [3.63, 3.8) is 0 Å². The Labute approximate surface area is 133 Å². The molecule has 1 aromatic heterocycles. The van der Waals surface area contributed by atoms with E-state index in [4.69, 9.17) is 21.1 Å². The van der Waals surface area contributed by atoms with Crippen LogP contribution in [0.2, 0.25) is 5.15 Å². The van der Waals surface area contributed by atoms with Crippen molar-refractivity contribution in [1.82, 2.24) is 4.98 Å². The van der Waals surface area contributed by atoms with E-state index in [2.05, 4.69) is 9.71 Å². The number of nitrogens with zero attached hydrogens (tertiary/aromatic N) is 1. The van der Waals surface area contributed by atoms with Gasteiger partial charge in [0.2, 0.25) is 0 Å². The topological polar surface area (TPSA) is 77.5 Å². The molecule has 0 bridgehead atoms. The lowest BCUT2D eigenvalue weighted by atomic mass is 10.3. The summed E-state index contributed by atoms with van der Waals surface area (Å²) >= 11 is 5.66. The molecule has 1 aromatic carbocycles. The Morgan fingerprint density at radius 3 is 2.59 bits per heavy atom. The molecule has 0 atom stereocenters. The molecule has 1 aliphatic rings. The average Bonchev–Trinajstić information content (AvgIpc) is 2.72. The van der Waals surface area contributed by atoms with Gasteiger partial charge in [0.15, 0.2) is 11.5 Å². The fourth-order valence-electron chi connectivity index (χ4n) is 1.96. The zero-order chi connectivity index (χ0) is 15.6. The first-order valence-electron chi connectivity index (χ1n) is 6.59. The fourth-order valence-corrected chi connectivity index (χ4v) is 3.07. The van der Waals surface area contributed by atoms with Crippen molar-refractivity contribution in [2.24, 2.45) is 0 Å². The van der Waals surface area contributed by atoms with Gasteiger partial charge >= 0.3 is 0 Å². The lowest BCUT2D eigenvalue weighted by Crippen LogP contribution is -2.13. The van der Waals surface area contributed by atoms with Gasteiger partial charge in [0.25, 0.3) is 10.0 Å². The molecule has 2 aromatic rings. The first-order valence-corrected chi connectivity index (χ1v) is 8.45. The van der Waals surface area contributed by atoms with Gasteiger partial charge in [0.05, 0.1) is 18.9 Å². The van der Waals surface area contributed by atoms with Crippen molar-refractivity contribution in [2.45, 2.75) is 11.3 Å². The second-order valence-electron chi connectivity index (χ2n) is 4.63. The highest BCUT2D eigenvalue weighted by molar-refractivity contribution is 7.92. The highest BCUT2D eigenvalue weighted by Gasteiger charge is 2.17. The summed E-state index contributed by atoms with van der Waals surface area (Å²) in [7, 11) is -3.73. The summed E-state index contributed by atoms with van der Waals surface area (Å²) in [5.74, 6) is 1.13. The fraction of sp³-hybridized carbons (Fsp3) is 0.214. The number of aromatic nitrogens is 1. The second kappa shape index (κ2) is 6.02. The van der Waals surface area contributed by atoms with E-state index in [1.165, 1.54) is 18.3 Å². The van der Waals surface area contributed by atoms with Crippen LogP contribution in [-0.4, -0.2) is 26.6 Å². The van der Waals surface area contributed by atoms with Gasteiger partial charge < -0.3 is 9.47 Å². The summed E-state index contributed by atoms with van der Waals surface area (Å²) in [5, 5.41) is 0.231. The zero-order valence-electron chi connectivity index (χ0n) is 11.5. The molecule has 22 heavy (non-hydrogen) atoms. The Morgan fingerprint density at radius 2 is 1.86 bits per heavy atom. The molecule has 1 aliphatic heterocycles. The number of fused-ring (bicyclic) bond motifs is 1. The number of hydrogen-bond acceptors (Lipinski definition) is 5. The largest absolute Gasteiger partial charge is 0.490 e. The van der Waals surface area contributed by atoms with Crippen LogP contribution in [-0.2, 0) is 10.0 Å². The number of ether oxygens (including phenoxy) is 2. The second-order valence-corrected chi connectivity index (χ2v) is 6.70. The Bertz CT molecular complexity index is 778. The molecule has 2 heterocycles. The number of anilines is 1. The van der Waals surface area contributed by atoms with Gasteiger partial charge in [-0.05, 0) is 24.3 Å². The number of halogens is 1. The predicted octanol–water partition coefficient (Wildman–Crippen LogP) is 2.70. The Balaban J connectivity index is 1.86. The Hall–Kier alpha value is -1.99. The number of benzene rings is 1. The van der Waals surface area contributed by atoms with Gasteiger partial charge in [-0.3, -0.25) is 4.72 Å². The van der Waals surface area contributed by atoms with Crippen LogP contribution in [0.15, 0.2) is 41.4 Å². The summed E-state index contributed by atoms with van der Waals surface area (Å²) in [5.41, 5.74) is 0.388. The molecule has 8 heteroatoms.